The first-order chi connectivity index (χ1) is 8.19. The summed E-state index contributed by atoms with van der Waals surface area (Å²) >= 11 is 1.94. The Morgan fingerprint density at radius 2 is 2.35 bits per heavy atom. The fourth-order valence-electron chi connectivity index (χ4n) is 2.30. The van der Waals surface area contributed by atoms with Gasteiger partial charge < -0.3 is 10.3 Å². The van der Waals surface area contributed by atoms with Crippen molar-refractivity contribution < 1.29 is 4.52 Å². The molecule has 94 valence electrons. The summed E-state index contributed by atoms with van der Waals surface area (Å²) in [6.45, 7) is 1.08. The van der Waals surface area contributed by atoms with Crippen LogP contribution in [0.15, 0.2) is 4.52 Å². The van der Waals surface area contributed by atoms with Crippen LogP contribution in [-0.4, -0.2) is 40.1 Å². The van der Waals surface area contributed by atoms with E-state index in [1.807, 2.05) is 11.8 Å². The lowest BCUT2D eigenvalue weighted by atomic mass is 9.78. The van der Waals surface area contributed by atoms with E-state index in [0.29, 0.717) is 5.89 Å². The summed E-state index contributed by atoms with van der Waals surface area (Å²) in [6, 6.07) is 0.273. The molecule has 17 heavy (non-hydrogen) atoms. The maximum absolute atomic E-state index is 6.19. The molecule has 2 aliphatic rings. The third-order valence-electron chi connectivity index (χ3n) is 3.81. The quantitative estimate of drug-likeness (QED) is 0.853. The second-order valence-corrected chi connectivity index (χ2v) is 6.19. The molecule has 1 atom stereocenters. The normalized spacial score (nSPS) is 28.9. The summed E-state index contributed by atoms with van der Waals surface area (Å²) in [4.78, 5) is 6.81. The lowest BCUT2D eigenvalue weighted by Gasteiger charge is -2.34. The second-order valence-electron chi connectivity index (χ2n) is 5.04. The molecule has 0 aromatic carbocycles. The van der Waals surface area contributed by atoms with Gasteiger partial charge in [0, 0.05) is 18.1 Å². The zero-order chi connectivity index (χ0) is 11.9. The van der Waals surface area contributed by atoms with Crippen molar-refractivity contribution in [3.8, 4) is 0 Å². The minimum atomic E-state index is -0.342. The first-order valence-electron chi connectivity index (χ1n) is 6.10. The lowest BCUT2D eigenvalue weighted by Crippen LogP contribution is -2.43. The average Bonchev–Trinajstić information content (AvgIpc) is 2.76. The molecule has 1 unspecified atom stereocenters. The van der Waals surface area contributed by atoms with Crippen LogP contribution in [0.5, 0.6) is 0 Å². The Bertz CT molecular complexity index is 404. The molecular formula is C11H18N4OS. The number of thioether (sulfide) groups is 1. The monoisotopic (exact) mass is 254 g/mol. The Balaban J connectivity index is 1.79. The van der Waals surface area contributed by atoms with Crippen molar-refractivity contribution >= 4 is 11.8 Å². The van der Waals surface area contributed by atoms with Gasteiger partial charge in [-0.1, -0.05) is 5.16 Å². The van der Waals surface area contributed by atoms with Gasteiger partial charge in [0.25, 0.3) is 0 Å². The number of nitrogens with two attached hydrogens (primary N) is 1. The minimum absolute atomic E-state index is 0.273. The van der Waals surface area contributed by atoms with Crippen molar-refractivity contribution in [3.63, 3.8) is 0 Å². The summed E-state index contributed by atoms with van der Waals surface area (Å²) in [5, 5.41) is 4.12. The highest BCUT2D eigenvalue weighted by molar-refractivity contribution is 7.99. The summed E-state index contributed by atoms with van der Waals surface area (Å²) in [6.07, 6.45) is 3.08. The average molecular weight is 254 g/mol. The van der Waals surface area contributed by atoms with Crippen molar-refractivity contribution in [2.75, 3.05) is 25.1 Å². The summed E-state index contributed by atoms with van der Waals surface area (Å²) in [7, 11) is 2.11. The van der Waals surface area contributed by atoms with E-state index in [-0.39, 0.29) is 11.6 Å². The molecule has 0 amide bonds. The number of hydrogen-bond donors (Lipinski definition) is 1. The third-order valence-corrected chi connectivity index (χ3v) is 4.83. The molecule has 1 aliphatic heterocycles. The highest BCUT2D eigenvalue weighted by Gasteiger charge is 2.40. The summed E-state index contributed by atoms with van der Waals surface area (Å²) in [5.74, 6) is 3.64. The van der Waals surface area contributed by atoms with Gasteiger partial charge in [-0.05, 0) is 26.3 Å². The SMILES string of the molecule is CN1CCSCC1c1noc(C2(N)CCC2)n1. The standard InChI is InChI=1S/C11H18N4OS/c1-15-5-6-17-7-8(15)9-13-10(16-14-9)11(12)3-2-4-11/h8H,2-7,12H2,1H3. The Morgan fingerprint density at radius 3 is 3.00 bits per heavy atom. The fraction of sp³-hybridized carbons (Fsp3) is 0.818. The molecule has 1 aromatic heterocycles. The van der Waals surface area contributed by atoms with Crippen molar-refractivity contribution in [2.45, 2.75) is 30.8 Å². The van der Waals surface area contributed by atoms with Gasteiger partial charge in [0.15, 0.2) is 5.82 Å². The number of aromatic nitrogens is 2. The maximum atomic E-state index is 6.19. The molecule has 5 nitrogen and oxygen atoms in total. The Morgan fingerprint density at radius 1 is 1.53 bits per heavy atom. The molecule has 0 radical (unpaired) electrons. The highest BCUT2D eigenvalue weighted by Crippen LogP contribution is 2.38. The van der Waals surface area contributed by atoms with Crippen LogP contribution in [-0.2, 0) is 5.54 Å². The zero-order valence-electron chi connectivity index (χ0n) is 10.1. The van der Waals surface area contributed by atoms with Gasteiger partial charge in [-0.3, -0.25) is 4.90 Å². The van der Waals surface area contributed by atoms with Crippen LogP contribution in [0.1, 0.15) is 37.0 Å². The highest BCUT2D eigenvalue weighted by atomic mass is 32.2. The molecule has 0 bridgehead atoms. The molecule has 2 N–H and O–H groups in total. The molecule has 2 fully saturated rings. The predicted octanol–water partition coefficient (Wildman–Crippen LogP) is 1.13. The molecular weight excluding hydrogens is 236 g/mol. The second kappa shape index (κ2) is 4.26. The first-order valence-corrected chi connectivity index (χ1v) is 7.25. The smallest absolute Gasteiger partial charge is 0.246 e. The third kappa shape index (κ3) is 1.98. The van der Waals surface area contributed by atoms with Crippen LogP contribution in [0.3, 0.4) is 0 Å². The lowest BCUT2D eigenvalue weighted by molar-refractivity contribution is 0.180. The van der Waals surface area contributed by atoms with Gasteiger partial charge in [0.05, 0.1) is 11.6 Å². The fourth-order valence-corrected chi connectivity index (χ4v) is 3.51. The van der Waals surface area contributed by atoms with Crippen LogP contribution in [0.4, 0.5) is 0 Å². The minimum Gasteiger partial charge on any atom is -0.337 e. The van der Waals surface area contributed by atoms with Crippen molar-refractivity contribution in [1.29, 1.82) is 0 Å². The Kier molecular flexibility index (Phi) is 2.88. The topological polar surface area (TPSA) is 68.2 Å². The maximum Gasteiger partial charge on any atom is 0.246 e. The van der Waals surface area contributed by atoms with E-state index in [1.165, 1.54) is 5.75 Å². The number of rotatable bonds is 2. The van der Waals surface area contributed by atoms with E-state index < -0.39 is 0 Å². The van der Waals surface area contributed by atoms with Crippen LogP contribution < -0.4 is 5.73 Å². The zero-order valence-corrected chi connectivity index (χ0v) is 10.9. The molecule has 3 rings (SSSR count). The summed E-state index contributed by atoms with van der Waals surface area (Å²) in [5.41, 5.74) is 5.84. The first kappa shape index (κ1) is 11.5. The van der Waals surface area contributed by atoms with Crippen LogP contribution >= 0.6 is 11.8 Å². The van der Waals surface area contributed by atoms with Crippen molar-refractivity contribution in [2.24, 2.45) is 5.73 Å². The van der Waals surface area contributed by atoms with E-state index in [1.54, 1.807) is 0 Å². The Labute approximate surface area is 105 Å². The van der Waals surface area contributed by atoms with Crippen LogP contribution in [0.25, 0.3) is 0 Å². The predicted molar refractivity (Wildman–Crippen MR) is 66.7 cm³/mol. The number of nitrogens with zero attached hydrogens (tertiary/aromatic N) is 3. The largest absolute Gasteiger partial charge is 0.337 e. The van der Waals surface area contributed by atoms with Crippen LogP contribution in [0.2, 0.25) is 0 Å². The van der Waals surface area contributed by atoms with Gasteiger partial charge >= 0.3 is 0 Å². The molecule has 1 aromatic rings. The van der Waals surface area contributed by atoms with E-state index in [9.17, 15) is 0 Å². The van der Waals surface area contributed by atoms with E-state index in [4.69, 9.17) is 10.3 Å². The van der Waals surface area contributed by atoms with Crippen molar-refractivity contribution in [3.05, 3.63) is 11.7 Å². The van der Waals surface area contributed by atoms with Gasteiger partial charge in [-0.15, -0.1) is 0 Å². The van der Waals surface area contributed by atoms with E-state index in [0.717, 1.165) is 37.4 Å². The molecule has 1 saturated heterocycles. The van der Waals surface area contributed by atoms with Gasteiger partial charge in [0.1, 0.15) is 0 Å². The molecule has 2 heterocycles. The molecule has 6 heteroatoms. The summed E-state index contributed by atoms with van der Waals surface area (Å²) < 4.78 is 5.35. The van der Waals surface area contributed by atoms with Crippen molar-refractivity contribution in [1.82, 2.24) is 15.0 Å². The molecule has 0 spiro atoms. The molecule has 1 aliphatic carbocycles. The van der Waals surface area contributed by atoms with E-state index >= 15 is 0 Å². The number of hydrogen-bond acceptors (Lipinski definition) is 6. The molecule has 1 saturated carbocycles. The Hall–Kier alpha value is -0.590. The van der Waals surface area contributed by atoms with E-state index in [2.05, 4.69) is 22.1 Å². The van der Waals surface area contributed by atoms with Gasteiger partial charge in [-0.2, -0.15) is 16.7 Å². The van der Waals surface area contributed by atoms with Gasteiger partial charge in [-0.25, -0.2) is 0 Å². The van der Waals surface area contributed by atoms with Crippen LogP contribution in [0, 0.1) is 0 Å². The van der Waals surface area contributed by atoms with Gasteiger partial charge in [0.2, 0.25) is 5.89 Å².